The lowest BCUT2D eigenvalue weighted by molar-refractivity contribution is 0.0954. The molecule has 1 amide bonds. The number of rotatable bonds is 5. The van der Waals surface area contributed by atoms with Crippen molar-refractivity contribution >= 4 is 22.1 Å². The molecule has 7 nitrogen and oxygen atoms in total. The molecule has 1 aromatic carbocycles. The number of nitrogens with zero attached hydrogens (tertiary/aromatic N) is 3. The molecule has 0 radical (unpaired) electrons. The number of nitrogens with one attached hydrogen (secondary N) is 1. The molecule has 0 aliphatic carbocycles. The van der Waals surface area contributed by atoms with Crippen molar-refractivity contribution in [1.82, 2.24) is 19.3 Å². The molecule has 9 heteroatoms. The van der Waals surface area contributed by atoms with E-state index in [1.165, 1.54) is 34.9 Å². The van der Waals surface area contributed by atoms with Gasteiger partial charge in [0.1, 0.15) is 15.5 Å². The molecule has 0 bridgehead atoms. The number of hydrogen-bond acceptors (Lipinski definition) is 5. The molecule has 3 heterocycles. The van der Waals surface area contributed by atoms with Gasteiger partial charge in [-0.3, -0.25) is 23.5 Å². The number of thiazole rings is 1. The molecule has 0 saturated heterocycles. The van der Waals surface area contributed by atoms with E-state index in [4.69, 9.17) is 0 Å². The number of hydrogen-bond donors (Lipinski definition) is 1. The highest BCUT2D eigenvalue weighted by atomic mass is 32.1. The molecule has 0 atom stereocenters. The summed E-state index contributed by atoms with van der Waals surface area (Å²) in [6.45, 7) is 3.81. The second-order valence-electron chi connectivity index (χ2n) is 7.19. The van der Waals surface area contributed by atoms with Crippen LogP contribution in [0.5, 0.6) is 0 Å². The van der Waals surface area contributed by atoms with Crippen molar-refractivity contribution in [3.05, 3.63) is 103 Å². The maximum atomic E-state index is 13.1. The predicted molar refractivity (Wildman–Crippen MR) is 116 cm³/mol. The van der Waals surface area contributed by atoms with Crippen molar-refractivity contribution < 1.29 is 9.18 Å². The third-order valence-corrected chi connectivity index (χ3v) is 6.11. The van der Waals surface area contributed by atoms with E-state index in [-0.39, 0.29) is 12.5 Å². The lowest BCUT2D eigenvalue weighted by Crippen LogP contribution is -2.38. The smallest absolute Gasteiger partial charge is 0.336 e. The van der Waals surface area contributed by atoms with Gasteiger partial charge < -0.3 is 5.32 Å². The monoisotopic (exact) mass is 438 g/mol. The normalized spacial score (nSPS) is 11.1. The number of pyridine rings is 1. The van der Waals surface area contributed by atoms with E-state index < -0.39 is 17.1 Å². The van der Waals surface area contributed by atoms with E-state index in [9.17, 15) is 18.8 Å². The van der Waals surface area contributed by atoms with Crippen molar-refractivity contribution in [3.63, 3.8) is 0 Å². The Morgan fingerprint density at radius 3 is 2.48 bits per heavy atom. The number of halogens is 1. The minimum atomic E-state index is -0.548. The van der Waals surface area contributed by atoms with Crippen molar-refractivity contribution in [1.29, 1.82) is 0 Å². The number of benzene rings is 1. The summed E-state index contributed by atoms with van der Waals surface area (Å²) in [5.41, 5.74) is 1.75. The van der Waals surface area contributed by atoms with Crippen LogP contribution in [0.3, 0.4) is 0 Å². The highest BCUT2D eigenvalue weighted by Crippen LogP contribution is 2.18. The Bertz CT molecular complexity index is 1390. The number of carbonyl (C=O) groups excluding carboxylic acids is 1. The largest absolute Gasteiger partial charge is 0.347 e. The molecule has 3 aromatic heterocycles. The van der Waals surface area contributed by atoms with Crippen LogP contribution in [0, 0.1) is 19.7 Å². The molecule has 0 unspecified atom stereocenters. The fourth-order valence-corrected chi connectivity index (χ4v) is 4.16. The maximum Gasteiger partial charge on any atom is 0.336 e. The zero-order valence-electron chi connectivity index (χ0n) is 16.9. The van der Waals surface area contributed by atoms with E-state index in [2.05, 4.69) is 10.3 Å². The van der Waals surface area contributed by atoms with Gasteiger partial charge in [0.25, 0.3) is 11.5 Å². The van der Waals surface area contributed by atoms with E-state index in [1.807, 2.05) is 19.1 Å². The Morgan fingerprint density at radius 2 is 1.81 bits per heavy atom. The summed E-state index contributed by atoms with van der Waals surface area (Å²) in [7, 11) is 0. The van der Waals surface area contributed by atoms with Crippen LogP contribution < -0.4 is 16.6 Å². The average molecular weight is 438 g/mol. The SMILES string of the molecule is Cc1ccc(CNC(=O)c2cn3c(=O)n(Cc4ccc(F)cc4)c(=O)c(C)c3s2)cn1. The summed E-state index contributed by atoms with van der Waals surface area (Å²) < 4.78 is 15.5. The van der Waals surface area contributed by atoms with Gasteiger partial charge in [0.2, 0.25) is 0 Å². The Labute approximate surface area is 180 Å². The van der Waals surface area contributed by atoms with E-state index in [0.717, 1.165) is 27.2 Å². The van der Waals surface area contributed by atoms with Gasteiger partial charge in [0.05, 0.1) is 6.54 Å². The Kier molecular flexibility index (Phi) is 5.51. The number of fused-ring (bicyclic) bond motifs is 1. The first-order valence-electron chi connectivity index (χ1n) is 9.53. The number of amides is 1. The lowest BCUT2D eigenvalue weighted by atomic mass is 10.2. The Morgan fingerprint density at radius 1 is 1.10 bits per heavy atom. The van der Waals surface area contributed by atoms with Gasteiger partial charge in [-0.25, -0.2) is 9.18 Å². The van der Waals surface area contributed by atoms with E-state index in [1.54, 1.807) is 13.1 Å². The summed E-state index contributed by atoms with van der Waals surface area (Å²) in [5, 5.41) is 2.80. The van der Waals surface area contributed by atoms with Crippen LogP contribution in [0.4, 0.5) is 4.39 Å². The third-order valence-electron chi connectivity index (χ3n) is 4.90. The predicted octanol–water partition coefficient (Wildman–Crippen LogP) is 2.65. The molecule has 4 aromatic rings. The fraction of sp³-hybridized carbons (Fsp3) is 0.182. The van der Waals surface area contributed by atoms with Gasteiger partial charge in [0.15, 0.2) is 0 Å². The Hall–Kier alpha value is -3.59. The topological polar surface area (TPSA) is 85.5 Å². The quantitative estimate of drug-likeness (QED) is 0.519. The highest BCUT2D eigenvalue weighted by Gasteiger charge is 2.17. The first-order valence-corrected chi connectivity index (χ1v) is 10.3. The van der Waals surface area contributed by atoms with Crippen LogP contribution in [0.1, 0.15) is 32.1 Å². The number of carbonyl (C=O) groups is 1. The summed E-state index contributed by atoms with van der Waals surface area (Å²) in [6, 6.07) is 9.35. The molecule has 0 fully saturated rings. The summed E-state index contributed by atoms with van der Waals surface area (Å²) in [4.78, 5) is 43.3. The van der Waals surface area contributed by atoms with Crippen LogP contribution in [-0.2, 0) is 13.1 Å². The van der Waals surface area contributed by atoms with E-state index >= 15 is 0 Å². The van der Waals surface area contributed by atoms with Crippen molar-refractivity contribution in [2.45, 2.75) is 26.9 Å². The average Bonchev–Trinajstić information content (AvgIpc) is 3.22. The van der Waals surface area contributed by atoms with Crippen LogP contribution in [-0.4, -0.2) is 19.9 Å². The second-order valence-corrected chi connectivity index (χ2v) is 8.22. The summed E-state index contributed by atoms with van der Waals surface area (Å²) in [6.07, 6.45) is 3.13. The molecule has 4 rings (SSSR count). The third kappa shape index (κ3) is 4.17. The van der Waals surface area contributed by atoms with Crippen molar-refractivity contribution in [2.24, 2.45) is 0 Å². The second kappa shape index (κ2) is 8.27. The van der Waals surface area contributed by atoms with Crippen molar-refractivity contribution in [3.8, 4) is 0 Å². The standard InChI is InChI=1S/C22H19FN4O3S/c1-13-3-4-16(9-24-13)10-25-19(28)18-12-27-21(31-18)14(2)20(29)26(22(27)30)11-15-5-7-17(23)8-6-15/h3-9,12H,10-11H2,1-2H3,(H,25,28). The molecular formula is C22H19FN4O3S. The molecular weight excluding hydrogens is 419 g/mol. The van der Waals surface area contributed by atoms with Gasteiger partial charge in [-0.05, 0) is 43.2 Å². The number of aryl methyl sites for hydroxylation is 2. The first-order chi connectivity index (χ1) is 14.8. The zero-order valence-corrected chi connectivity index (χ0v) is 17.7. The van der Waals surface area contributed by atoms with Gasteiger partial charge in [-0.2, -0.15) is 0 Å². The van der Waals surface area contributed by atoms with Gasteiger partial charge in [-0.15, -0.1) is 11.3 Å². The minimum absolute atomic E-state index is 0.0134. The molecule has 0 aliphatic heterocycles. The molecule has 0 aliphatic rings. The minimum Gasteiger partial charge on any atom is -0.347 e. The fourth-order valence-electron chi connectivity index (χ4n) is 3.15. The lowest BCUT2D eigenvalue weighted by Gasteiger charge is -2.07. The van der Waals surface area contributed by atoms with Crippen LogP contribution in [0.15, 0.2) is 58.4 Å². The number of aromatic nitrogens is 3. The molecule has 0 spiro atoms. The first kappa shape index (κ1) is 20.7. The van der Waals surface area contributed by atoms with Crippen LogP contribution in [0.25, 0.3) is 4.83 Å². The molecule has 1 N–H and O–H groups in total. The molecule has 158 valence electrons. The molecule has 0 saturated carbocycles. The summed E-state index contributed by atoms with van der Waals surface area (Å²) >= 11 is 1.09. The summed E-state index contributed by atoms with van der Waals surface area (Å²) in [5.74, 6) is -0.736. The van der Waals surface area contributed by atoms with Gasteiger partial charge in [-0.1, -0.05) is 18.2 Å². The zero-order chi connectivity index (χ0) is 22.1. The maximum absolute atomic E-state index is 13.1. The highest BCUT2D eigenvalue weighted by molar-refractivity contribution is 7.19. The van der Waals surface area contributed by atoms with Crippen LogP contribution in [0.2, 0.25) is 0 Å². The van der Waals surface area contributed by atoms with Gasteiger partial charge >= 0.3 is 5.69 Å². The van der Waals surface area contributed by atoms with Gasteiger partial charge in [0, 0.05) is 30.2 Å². The van der Waals surface area contributed by atoms with E-state index in [0.29, 0.717) is 27.4 Å². The Balaban J connectivity index is 1.64. The van der Waals surface area contributed by atoms with Crippen molar-refractivity contribution in [2.75, 3.05) is 0 Å². The van der Waals surface area contributed by atoms with Crippen LogP contribution >= 0.6 is 11.3 Å². The molecule has 31 heavy (non-hydrogen) atoms.